The lowest BCUT2D eigenvalue weighted by Crippen LogP contribution is -2.43. The third-order valence-electron chi connectivity index (χ3n) is 7.60. The molecular weight excluding hydrogens is 595 g/mol. The number of ether oxygens (including phenoxy) is 1. The number of carbonyl (C=O) groups excluding carboxylic acids is 1. The molecule has 2 heterocycles. The number of nitrogens with one attached hydrogen (secondary N) is 3. The molecule has 1 aromatic heterocycles. The molecule has 238 valence electrons. The van der Waals surface area contributed by atoms with Gasteiger partial charge < -0.3 is 25.6 Å². The van der Waals surface area contributed by atoms with Gasteiger partial charge in [0.15, 0.2) is 0 Å². The van der Waals surface area contributed by atoms with Crippen LogP contribution in [0.4, 0.5) is 36.3 Å². The smallest absolute Gasteiger partial charge is 0.421 e. The van der Waals surface area contributed by atoms with Crippen molar-refractivity contribution in [1.82, 2.24) is 20.2 Å². The second-order valence-corrected chi connectivity index (χ2v) is 12.3. The zero-order valence-corrected chi connectivity index (χ0v) is 26.4. The minimum Gasteiger partial charge on any atom is -0.495 e. The minimum absolute atomic E-state index is 0.0137. The Bertz CT molecular complexity index is 1530. The number of anilines is 4. The molecule has 0 saturated carbocycles. The van der Waals surface area contributed by atoms with Crippen LogP contribution in [0.3, 0.4) is 0 Å². The summed E-state index contributed by atoms with van der Waals surface area (Å²) in [7, 11) is 3.81. The van der Waals surface area contributed by atoms with Crippen molar-refractivity contribution in [3.8, 4) is 5.75 Å². The van der Waals surface area contributed by atoms with E-state index in [0.717, 1.165) is 31.5 Å². The number of halogens is 3. The number of alkyl halides is 3. The van der Waals surface area contributed by atoms with E-state index < -0.39 is 28.5 Å². The predicted octanol–water partition coefficient (Wildman–Crippen LogP) is 5.03. The van der Waals surface area contributed by atoms with Gasteiger partial charge in [-0.1, -0.05) is 12.1 Å². The second kappa shape index (κ2) is 13.8. The topological polar surface area (TPSA) is 112 Å². The highest BCUT2D eigenvalue weighted by Crippen LogP contribution is 2.36. The van der Waals surface area contributed by atoms with E-state index in [4.69, 9.17) is 4.74 Å². The maximum atomic E-state index is 13.9. The van der Waals surface area contributed by atoms with E-state index in [2.05, 4.69) is 37.9 Å². The summed E-state index contributed by atoms with van der Waals surface area (Å²) >= 11 is 0. The van der Waals surface area contributed by atoms with Crippen LogP contribution < -0.4 is 25.0 Å². The van der Waals surface area contributed by atoms with E-state index in [1.54, 1.807) is 36.5 Å². The van der Waals surface area contributed by atoms with Crippen molar-refractivity contribution in [3.63, 3.8) is 0 Å². The average Bonchev–Trinajstić information content (AvgIpc) is 2.96. The molecule has 0 bridgehead atoms. The number of likely N-dealkylation sites (tertiary alicyclic amines) is 1. The van der Waals surface area contributed by atoms with Crippen molar-refractivity contribution < 1.29 is 26.9 Å². The molecule has 1 fully saturated rings. The van der Waals surface area contributed by atoms with Gasteiger partial charge in [0.25, 0.3) is 5.91 Å². The number of hydrogen-bond acceptors (Lipinski definition) is 8. The first kappa shape index (κ1) is 33.0. The van der Waals surface area contributed by atoms with Gasteiger partial charge in [-0.15, -0.1) is 0 Å². The summed E-state index contributed by atoms with van der Waals surface area (Å²) in [5.74, 6) is -0.432. The normalized spacial score (nSPS) is 15.0. The molecule has 1 aliphatic rings. The summed E-state index contributed by atoms with van der Waals surface area (Å²) in [6.45, 7) is 5.45. The quantitative estimate of drug-likeness (QED) is 0.285. The van der Waals surface area contributed by atoms with Crippen LogP contribution >= 0.6 is 0 Å². The van der Waals surface area contributed by atoms with Crippen LogP contribution in [0.5, 0.6) is 5.75 Å². The maximum absolute atomic E-state index is 13.9. The predicted molar refractivity (Wildman–Crippen MR) is 167 cm³/mol. The number of benzene rings is 2. The summed E-state index contributed by atoms with van der Waals surface area (Å²) in [4.78, 5) is 23.4. The molecule has 44 heavy (non-hydrogen) atoms. The Hall–Kier alpha value is -3.91. The van der Waals surface area contributed by atoms with Gasteiger partial charge in [-0.3, -0.25) is 9.10 Å². The van der Waals surface area contributed by atoms with Gasteiger partial charge in [-0.25, -0.2) is 9.19 Å². The standard InChI is InChI=1S/C30H38F3N7O3S/c1-18-7-8-20(25(13-18)40(4)44(6)42)16-34-27-23(30(31,32)33)17-35-29(38-27)37-24-14-19(2)22(15-26(24)43-5)28(41)36-21-9-11-39(3)12-10-21/h7-8,13-15,17,21H,9-12,16H2,1-6H3,(H,36,41)(H2,34,35,37,38). The SMILES string of the molecule is COc1cc(C(=O)NC2CCN(C)CC2)c(C)cc1Nc1ncc(C(F)(F)F)c(NCc2ccc(C)cc2N(C)S(C)=O)n1. The van der Waals surface area contributed by atoms with E-state index in [-0.39, 0.29) is 24.4 Å². The van der Waals surface area contributed by atoms with Gasteiger partial charge in [0.05, 0.1) is 18.5 Å². The molecule has 2 aromatic carbocycles. The van der Waals surface area contributed by atoms with Crippen LogP contribution in [0.15, 0.2) is 36.5 Å². The molecule has 14 heteroatoms. The summed E-state index contributed by atoms with van der Waals surface area (Å²) in [6, 6.07) is 8.77. The Balaban J connectivity index is 1.59. The number of aromatic nitrogens is 2. The Kier molecular flexibility index (Phi) is 10.4. The highest BCUT2D eigenvalue weighted by Gasteiger charge is 2.35. The number of amides is 1. The first-order valence-corrected chi connectivity index (χ1v) is 15.6. The van der Waals surface area contributed by atoms with Gasteiger partial charge in [-0.05, 0) is 81.7 Å². The van der Waals surface area contributed by atoms with Crippen molar-refractivity contribution in [2.45, 2.75) is 45.5 Å². The van der Waals surface area contributed by atoms with Gasteiger partial charge in [0.1, 0.15) is 28.1 Å². The highest BCUT2D eigenvalue weighted by atomic mass is 32.2. The Morgan fingerprint density at radius 3 is 2.52 bits per heavy atom. The van der Waals surface area contributed by atoms with Crippen LogP contribution in [-0.2, 0) is 23.7 Å². The third kappa shape index (κ3) is 7.97. The van der Waals surface area contributed by atoms with Gasteiger partial charge in [0, 0.05) is 37.7 Å². The molecule has 0 aliphatic carbocycles. The summed E-state index contributed by atoms with van der Waals surface area (Å²) in [6.07, 6.45) is -0.757. The van der Waals surface area contributed by atoms with Crippen molar-refractivity contribution >= 4 is 40.0 Å². The van der Waals surface area contributed by atoms with Crippen LogP contribution in [-0.4, -0.2) is 71.6 Å². The number of piperidine rings is 1. The molecule has 0 radical (unpaired) electrons. The lowest BCUT2D eigenvalue weighted by molar-refractivity contribution is -0.137. The van der Waals surface area contributed by atoms with E-state index >= 15 is 0 Å². The lowest BCUT2D eigenvalue weighted by Gasteiger charge is -2.29. The average molecular weight is 634 g/mol. The van der Waals surface area contributed by atoms with Crippen molar-refractivity contribution in [1.29, 1.82) is 0 Å². The Morgan fingerprint density at radius 2 is 1.89 bits per heavy atom. The molecule has 10 nitrogen and oxygen atoms in total. The van der Waals surface area contributed by atoms with Crippen LogP contribution in [0.25, 0.3) is 0 Å². The molecule has 0 spiro atoms. The number of methoxy groups -OCH3 is 1. The maximum Gasteiger partial charge on any atom is 0.421 e. The third-order valence-corrected chi connectivity index (χ3v) is 8.57. The highest BCUT2D eigenvalue weighted by molar-refractivity contribution is 7.85. The van der Waals surface area contributed by atoms with Crippen LogP contribution in [0, 0.1) is 13.8 Å². The lowest BCUT2D eigenvalue weighted by atomic mass is 10.0. The zero-order valence-electron chi connectivity index (χ0n) is 25.6. The van der Waals surface area contributed by atoms with E-state index in [0.29, 0.717) is 40.0 Å². The largest absolute Gasteiger partial charge is 0.495 e. The summed E-state index contributed by atoms with van der Waals surface area (Å²) < 4.78 is 61.0. The van der Waals surface area contributed by atoms with E-state index in [9.17, 15) is 22.2 Å². The Morgan fingerprint density at radius 1 is 1.18 bits per heavy atom. The number of hydrogen-bond donors (Lipinski definition) is 3. The number of aryl methyl sites for hydroxylation is 2. The monoisotopic (exact) mass is 633 g/mol. The fourth-order valence-corrected chi connectivity index (χ4v) is 5.40. The summed E-state index contributed by atoms with van der Waals surface area (Å²) in [5.41, 5.74) is 2.62. The zero-order chi connectivity index (χ0) is 32.2. The second-order valence-electron chi connectivity index (χ2n) is 10.9. The number of rotatable bonds is 10. The molecule has 1 unspecified atom stereocenters. The minimum atomic E-state index is -4.71. The summed E-state index contributed by atoms with van der Waals surface area (Å²) in [5, 5.41) is 8.83. The van der Waals surface area contributed by atoms with Crippen LogP contribution in [0.1, 0.15) is 45.5 Å². The van der Waals surface area contributed by atoms with Gasteiger partial charge in [0.2, 0.25) is 5.95 Å². The molecule has 4 rings (SSSR count). The van der Waals surface area contributed by atoms with Gasteiger partial charge >= 0.3 is 6.18 Å². The number of nitrogens with zero attached hydrogens (tertiary/aromatic N) is 4. The molecule has 1 saturated heterocycles. The van der Waals surface area contributed by atoms with E-state index in [1.165, 1.54) is 13.4 Å². The molecule has 3 N–H and O–H groups in total. The van der Waals surface area contributed by atoms with Crippen molar-refractivity contribution in [3.05, 3.63) is 64.3 Å². The fourth-order valence-electron chi connectivity index (χ4n) is 4.95. The first-order chi connectivity index (χ1) is 20.8. The van der Waals surface area contributed by atoms with Crippen LogP contribution in [0.2, 0.25) is 0 Å². The molecule has 1 amide bonds. The number of carbonyl (C=O) groups is 1. The molecule has 1 atom stereocenters. The van der Waals surface area contributed by atoms with Crippen molar-refractivity contribution in [2.75, 3.05) is 55.5 Å². The van der Waals surface area contributed by atoms with Gasteiger partial charge in [-0.2, -0.15) is 18.2 Å². The Labute approximate surface area is 258 Å². The van der Waals surface area contributed by atoms with E-state index in [1.807, 2.05) is 19.1 Å². The van der Waals surface area contributed by atoms with Crippen molar-refractivity contribution in [2.24, 2.45) is 0 Å². The molecule has 1 aliphatic heterocycles. The molecule has 3 aromatic rings. The molecular formula is C30H38F3N7O3S. The first-order valence-electron chi connectivity index (χ1n) is 14.1. The fraction of sp³-hybridized carbons (Fsp3) is 0.433.